The van der Waals surface area contributed by atoms with Gasteiger partial charge in [0, 0.05) is 17.7 Å². The standard InChI is InChI=1S/C18H15N5/c19-12-13-5-4-8-15(11-13)18-21-20-17-10-9-16(22-23(17)18)14-6-2-1-3-7-14/h1-11H,12,19H2. The lowest BCUT2D eigenvalue weighted by molar-refractivity contribution is 0.941. The average Bonchev–Trinajstić information content (AvgIpc) is 3.05. The molecule has 0 aliphatic heterocycles. The zero-order valence-corrected chi connectivity index (χ0v) is 12.4. The molecular formula is C18H15N5. The predicted octanol–water partition coefficient (Wildman–Crippen LogP) is 2.92. The van der Waals surface area contributed by atoms with Crippen LogP contribution in [0.25, 0.3) is 28.3 Å². The largest absolute Gasteiger partial charge is 0.326 e. The lowest BCUT2D eigenvalue weighted by Gasteiger charge is -2.04. The molecule has 0 spiro atoms. The molecule has 5 nitrogen and oxygen atoms in total. The molecular weight excluding hydrogens is 286 g/mol. The van der Waals surface area contributed by atoms with Gasteiger partial charge in [-0.15, -0.1) is 10.2 Å². The van der Waals surface area contributed by atoms with Crippen molar-refractivity contribution in [1.82, 2.24) is 19.8 Å². The molecule has 23 heavy (non-hydrogen) atoms. The van der Waals surface area contributed by atoms with Gasteiger partial charge in [0.1, 0.15) is 0 Å². The summed E-state index contributed by atoms with van der Waals surface area (Å²) in [6.45, 7) is 0.493. The van der Waals surface area contributed by atoms with Crippen LogP contribution in [0.1, 0.15) is 5.56 Å². The molecule has 0 atom stereocenters. The highest BCUT2D eigenvalue weighted by molar-refractivity contribution is 5.63. The summed E-state index contributed by atoms with van der Waals surface area (Å²) in [7, 11) is 0. The zero-order valence-electron chi connectivity index (χ0n) is 12.4. The minimum Gasteiger partial charge on any atom is -0.326 e. The van der Waals surface area contributed by atoms with Gasteiger partial charge in [0.05, 0.1) is 5.69 Å². The minimum atomic E-state index is 0.493. The molecule has 0 aliphatic carbocycles. The third-order valence-corrected chi connectivity index (χ3v) is 3.75. The molecule has 4 rings (SSSR count). The van der Waals surface area contributed by atoms with Crippen LogP contribution in [0, 0.1) is 0 Å². The number of nitrogens with two attached hydrogens (primary N) is 1. The van der Waals surface area contributed by atoms with Crippen LogP contribution in [0.4, 0.5) is 0 Å². The summed E-state index contributed by atoms with van der Waals surface area (Å²) in [5, 5.41) is 13.2. The van der Waals surface area contributed by atoms with Crippen molar-refractivity contribution >= 4 is 5.65 Å². The highest BCUT2D eigenvalue weighted by Crippen LogP contribution is 2.21. The van der Waals surface area contributed by atoms with Gasteiger partial charge in [-0.05, 0) is 23.8 Å². The fourth-order valence-electron chi connectivity index (χ4n) is 2.57. The van der Waals surface area contributed by atoms with Gasteiger partial charge >= 0.3 is 0 Å². The molecule has 2 aromatic heterocycles. The van der Waals surface area contributed by atoms with Gasteiger partial charge in [0.25, 0.3) is 0 Å². The second kappa shape index (κ2) is 5.62. The average molecular weight is 301 g/mol. The topological polar surface area (TPSA) is 69.1 Å². The smallest absolute Gasteiger partial charge is 0.185 e. The Morgan fingerprint density at radius 3 is 2.48 bits per heavy atom. The highest BCUT2D eigenvalue weighted by Gasteiger charge is 2.11. The first-order chi connectivity index (χ1) is 11.3. The Bertz CT molecular complexity index is 959. The molecule has 2 N–H and O–H groups in total. The number of fused-ring (bicyclic) bond motifs is 1. The van der Waals surface area contributed by atoms with E-state index in [1.54, 1.807) is 4.52 Å². The van der Waals surface area contributed by atoms with Crippen molar-refractivity contribution in [1.29, 1.82) is 0 Å². The van der Waals surface area contributed by atoms with Gasteiger partial charge in [0.2, 0.25) is 0 Å². The van der Waals surface area contributed by atoms with E-state index >= 15 is 0 Å². The van der Waals surface area contributed by atoms with Gasteiger partial charge < -0.3 is 5.73 Å². The maximum atomic E-state index is 5.73. The molecule has 0 saturated heterocycles. The number of benzene rings is 2. The molecule has 0 unspecified atom stereocenters. The first-order valence-electron chi connectivity index (χ1n) is 7.42. The quantitative estimate of drug-likeness (QED) is 0.631. The second-order valence-electron chi connectivity index (χ2n) is 5.28. The third-order valence-electron chi connectivity index (χ3n) is 3.75. The van der Waals surface area contributed by atoms with Crippen LogP contribution in [0.3, 0.4) is 0 Å². The first kappa shape index (κ1) is 13.6. The Hall–Kier alpha value is -3.05. The number of hydrogen-bond acceptors (Lipinski definition) is 4. The molecule has 5 heteroatoms. The van der Waals surface area contributed by atoms with E-state index in [0.29, 0.717) is 12.4 Å². The van der Waals surface area contributed by atoms with Crippen LogP contribution in [-0.4, -0.2) is 19.8 Å². The minimum absolute atomic E-state index is 0.493. The van der Waals surface area contributed by atoms with Crippen LogP contribution >= 0.6 is 0 Å². The van der Waals surface area contributed by atoms with E-state index < -0.39 is 0 Å². The van der Waals surface area contributed by atoms with E-state index in [2.05, 4.69) is 10.2 Å². The monoisotopic (exact) mass is 301 g/mol. The van der Waals surface area contributed by atoms with Crippen molar-refractivity contribution in [3.8, 4) is 22.6 Å². The molecule has 0 aliphatic rings. The number of aromatic nitrogens is 4. The Labute approximate surface area is 133 Å². The Morgan fingerprint density at radius 1 is 0.826 bits per heavy atom. The van der Waals surface area contributed by atoms with E-state index in [1.807, 2.05) is 66.7 Å². The van der Waals surface area contributed by atoms with Crippen LogP contribution in [0.15, 0.2) is 66.7 Å². The molecule has 2 heterocycles. The summed E-state index contributed by atoms with van der Waals surface area (Å²) in [5.41, 5.74) is 10.4. The van der Waals surface area contributed by atoms with Crippen molar-refractivity contribution in [2.24, 2.45) is 5.73 Å². The summed E-state index contributed by atoms with van der Waals surface area (Å²) in [4.78, 5) is 0. The van der Waals surface area contributed by atoms with Crippen LogP contribution < -0.4 is 5.73 Å². The van der Waals surface area contributed by atoms with E-state index in [9.17, 15) is 0 Å². The summed E-state index contributed by atoms with van der Waals surface area (Å²) in [6, 6.07) is 21.9. The lowest BCUT2D eigenvalue weighted by Crippen LogP contribution is -1.99. The predicted molar refractivity (Wildman–Crippen MR) is 89.5 cm³/mol. The van der Waals surface area contributed by atoms with Gasteiger partial charge in [-0.2, -0.15) is 9.61 Å². The summed E-state index contributed by atoms with van der Waals surface area (Å²) < 4.78 is 1.78. The van der Waals surface area contributed by atoms with Crippen molar-refractivity contribution in [3.05, 3.63) is 72.3 Å². The van der Waals surface area contributed by atoms with Gasteiger partial charge in [-0.1, -0.05) is 48.5 Å². The molecule has 0 radical (unpaired) electrons. The number of rotatable bonds is 3. The van der Waals surface area contributed by atoms with Crippen molar-refractivity contribution in [3.63, 3.8) is 0 Å². The highest BCUT2D eigenvalue weighted by atomic mass is 15.4. The van der Waals surface area contributed by atoms with Gasteiger partial charge in [-0.25, -0.2) is 0 Å². The summed E-state index contributed by atoms with van der Waals surface area (Å²) in [5.74, 6) is 0.716. The molecule has 0 fully saturated rings. The van der Waals surface area contributed by atoms with E-state index in [1.165, 1.54) is 0 Å². The van der Waals surface area contributed by atoms with Crippen LogP contribution in [0.2, 0.25) is 0 Å². The zero-order chi connectivity index (χ0) is 15.6. The summed E-state index contributed by atoms with van der Waals surface area (Å²) in [6.07, 6.45) is 0. The fraction of sp³-hybridized carbons (Fsp3) is 0.0556. The molecule has 112 valence electrons. The lowest BCUT2D eigenvalue weighted by atomic mass is 10.1. The molecule has 0 bridgehead atoms. The van der Waals surface area contributed by atoms with E-state index in [-0.39, 0.29) is 0 Å². The molecule has 0 amide bonds. The fourth-order valence-corrected chi connectivity index (χ4v) is 2.57. The SMILES string of the molecule is NCc1cccc(-c2nnc3ccc(-c4ccccc4)nn23)c1. The van der Waals surface area contributed by atoms with E-state index in [0.717, 1.165) is 28.0 Å². The van der Waals surface area contributed by atoms with Crippen molar-refractivity contribution < 1.29 is 0 Å². The number of hydrogen-bond donors (Lipinski definition) is 1. The third kappa shape index (κ3) is 2.47. The van der Waals surface area contributed by atoms with E-state index in [4.69, 9.17) is 10.8 Å². The van der Waals surface area contributed by atoms with Gasteiger partial charge in [-0.3, -0.25) is 0 Å². The number of nitrogens with zero attached hydrogens (tertiary/aromatic N) is 4. The Balaban J connectivity index is 1.88. The molecule has 0 saturated carbocycles. The summed E-state index contributed by atoms with van der Waals surface area (Å²) >= 11 is 0. The second-order valence-corrected chi connectivity index (χ2v) is 5.28. The molecule has 4 aromatic rings. The van der Waals surface area contributed by atoms with Crippen LogP contribution in [-0.2, 0) is 6.54 Å². The molecule has 2 aromatic carbocycles. The normalized spacial score (nSPS) is 11.0. The van der Waals surface area contributed by atoms with Crippen LogP contribution in [0.5, 0.6) is 0 Å². The first-order valence-corrected chi connectivity index (χ1v) is 7.42. The van der Waals surface area contributed by atoms with Gasteiger partial charge in [0.15, 0.2) is 11.5 Å². The maximum Gasteiger partial charge on any atom is 0.185 e. The Morgan fingerprint density at radius 2 is 1.65 bits per heavy atom. The Kier molecular flexibility index (Phi) is 3.33. The van der Waals surface area contributed by atoms with Crippen molar-refractivity contribution in [2.75, 3.05) is 0 Å². The maximum absolute atomic E-state index is 5.73. The van der Waals surface area contributed by atoms with Crippen molar-refractivity contribution in [2.45, 2.75) is 6.54 Å².